The largest absolute Gasteiger partial charge is 1.00 e. The maximum absolute atomic E-state index is 12.6. The van der Waals surface area contributed by atoms with E-state index in [-0.39, 0.29) is 34.7 Å². The minimum absolute atomic E-state index is 0. The zero-order valence-corrected chi connectivity index (χ0v) is 13.0. The molecule has 20 heavy (non-hydrogen) atoms. The molecule has 0 spiro atoms. The van der Waals surface area contributed by atoms with Crippen molar-refractivity contribution in [1.82, 2.24) is 3.96 Å². The smallest absolute Gasteiger partial charge is 0.304 e. The van der Waals surface area contributed by atoms with Crippen molar-refractivity contribution in [1.29, 1.82) is 0 Å². The second-order valence-electron chi connectivity index (χ2n) is 4.82. The summed E-state index contributed by atoms with van der Waals surface area (Å²) in [5.74, 6) is 0. The van der Waals surface area contributed by atoms with E-state index >= 15 is 0 Å². The van der Waals surface area contributed by atoms with Crippen LogP contribution in [0.3, 0.4) is 0 Å². The Labute approximate surface area is 127 Å². The summed E-state index contributed by atoms with van der Waals surface area (Å²) in [6.07, 6.45) is 0. The van der Waals surface area contributed by atoms with Gasteiger partial charge in [0.15, 0.2) is 0 Å². The van der Waals surface area contributed by atoms with Crippen molar-refractivity contribution in [2.45, 2.75) is 19.9 Å². The number of nitrogens with zero attached hydrogens (tertiary/aromatic N) is 1. The third-order valence-electron chi connectivity index (χ3n) is 3.16. The second-order valence-corrected chi connectivity index (χ2v) is 6.69. The number of hydrogen-bond donors (Lipinski definition) is 0. The van der Waals surface area contributed by atoms with Crippen LogP contribution in [0.15, 0.2) is 59.4 Å². The zero-order chi connectivity index (χ0) is 13.4. The number of benzene rings is 2. The van der Waals surface area contributed by atoms with Gasteiger partial charge >= 0.3 is 5.56 Å². The van der Waals surface area contributed by atoms with Gasteiger partial charge in [0, 0.05) is 18.2 Å². The summed E-state index contributed by atoms with van der Waals surface area (Å²) in [6, 6.07) is 18.4. The van der Waals surface area contributed by atoms with E-state index in [1.165, 1.54) is 4.90 Å². The Morgan fingerprint density at radius 1 is 0.950 bits per heavy atom. The summed E-state index contributed by atoms with van der Waals surface area (Å²) in [7, 11) is -0.280. The van der Waals surface area contributed by atoms with Crippen LogP contribution in [-0.2, 0) is 0 Å². The molecule has 104 valence electrons. The molecule has 2 aromatic carbocycles. The van der Waals surface area contributed by atoms with E-state index in [9.17, 15) is 4.79 Å². The molecule has 0 N–H and O–H groups in total. The zero-order valence-electron chi connectivity index (χ0n) is 11.4. The first kappa shape index (κ1) is 14.8. The molecule has 1 unspecified atom stereocenters. The molecule has 0 amide bonds. The molecule has 0 bridgehead atoms. The maximum Gasteiger partial charge on any atom is 0.304 e. The Bertz CT molecular complexity index is 774. The minimum atomic E-state index is -0.280. The Hall–Kier alpha value is -1.58. The predicted octanol–water partition coefficient (Wildman–Crippen LogP) is 1.32. The highest BCUT2D eigenvalue weighted by atomic mass is 35.5. The van der Waals surface area contributed by atoms with Crippen LogP contribution in [0.5, 0.6) is 0 Å². The van der Waals surface area contributed by atoms with Crippen molar-refractivity contribution in [3.8, 4) is 4.90 Å². The van der Waals surface area contributed by atoms with Crippen molar-refractivity contribution >= 4 is 20.8 Å². The molecule has 1 aromatic heterocycles. The van der Waals surface area contributed by atoms with Gasteiger partial charge in [-0.15, -0.1) is 3.96 Å². The predicted molar refractivity (Wildman–Crippen MR) is 82.4 cm³/mol. The molecule has 0 aliphatic heterocycles. The lowest BCUT2D eigenvalue weighted by molar-refractivity contribution is -0.00000396. The summed E-state index contributed by atoms with van der Waals surface area (Å²) in [4.78, 5) is 13.8. The first-order valence-electron chi connectivity index (χ1n) is 6.42. The van der Waals surface area contributed by atoms with Gasteiger partial charge in [-0.05, 0) is 19.9 Å². The maximum atomic E-state index is 12.6. The van der Waals surface area contributed by atoms with E-state index in [0.29, 0.717) is 0 Å². The van der Waals surface area contributed by atoms with Crippen LogP contribution < -0.4 is 18.0 Å². The fourth-order valence-corrected chi connectivity index (χ4v) is 4.72. The Balaban J connectivity index is 0.00000147. The van der Waals surface area contributed by atoms with E-state index in [1.807, 2.05) is 40.4 Å². The lowest BCUT2D eigenvalue weighted by atomic mass is 10.3. The Morgan fingerprint density at radius 2 is 1.55 bits per heavy atom. The highest BCUT2D eigenvalue weighted by Crippen LogP contribution is 2.38. The van der Waals surface area contributed by atoms with Crippen molar-refractivity contribution < 1.29 is 12.4 Å². The van der Waals surface area contributed by atoms with Gasteiger partial charge in [-0.25, -0.2) is 0 Å². The third kappa shape index (κ3) is 2.28. The quantitative estimate of drug-likeness (QED) is 0.655. The van der Waals surface area contributed by atoms with Gasteiger partial charge < -0.3 is 12.4 Å². The van der Waals surface area contributed by atoms with E-state index in [0.717, 1.165) is 10.1 Å². The van der Waals surface area contributed by atoms with Gasteiger partial charge in [0.05, 0.1) is 6.04 Å². The van der Waals surface area contributed by atoms with Crippen LogP contribution in [0.1, 0.15) is 19.9 Å². The second kappa shape index (κ2) is 5.81. The van der Waals surface area contributed by atoms with Gasteiger partial charge in [0.25, 0.3) is 0 Å². The van der Waals surface area contributed by atoms with Crippen molar-refractivity contribution in [2.24, 2.45) is 0 Å². The number of hydrogen-bond acceptors (Lipinski definition) is 1. The molecule has 0 radical (unpaired) electrons. The normalized spacial score (nSPS) is 11.7. The highest BCUT2D eigenvalue weighted by molar-refractivity contribution is 7.41. The molecule has 0 aliphatic carbocycles. The lowest BCUT2D eigenvalue weighted by Gasteiger charge is -2.02. The number of rotatable bonds is 2. The van der Waals surface area contributed by atoms with Gasteiger partial charge in [-0.2, -0.15) is 0 Å². The lowest BCUT2D eigenvalue weighted by Crippen LogP contribution is -3.00. The average Bonchev–Trinajstić information content (AvgIpc) is 2.74. The monoisotopic (exact) mass is 305 g/mol. The summed E-state index contributed by atoms with van der Waals surface area (Å²) >= 11 is 0. The highest BCUT2D eigenvalue weighted by Gasteiger charge is 2.27. The molecule has 1 heterocycles. The van der Waals surface area contributed by atoms with Crippen LogP contribution >= 0.6 is 10.7 Å². The third-order valence-corrected chi connectivity index (χ3v) is 5.63. The summed E-state index contributed by atoms with van der Waals surface area (Å²) < 4.78 is 3.15. The van der Waals surface area contributed by atoms with Crippen LogP contribution in [-0.4, -0.2) is 3.96 Å². The van der Waals surface area contributed by atoms with E-state index < -0.39 is 0 Å². The number of aromatic nitrogens is 1. The van der Waals surface area contributed by atoms with E-state index in [4.69, 9.17) is 0 Å². The van der Waals surface area contributed by atoms with Gasteiger partial charge in [-0.3, -0.25) is 4.79 Å². The Kier molecular flexibility index (Phi) is 4.31. The van der Waals surface area contributed by atoms with Crippen LogP contribution in [0.4, 0.5) is 0 Å². The number of fused-ring (bicyclic) bond motifs is 1. The summed E-state index contributed by atoms with van der Waals surface area (Å²) in [5.41, 5.74) is 0.151. The molecular weight excluding hydrogens is 290 g/mol. The Morgan fingerprint density at radius 3 is 2.20 bits per heavy atom. The van der Waals surface area contributed by atoms with E-state index in [1.54, 1.807) is 0 Å². The standard InChI is InChI=1S/C16H16NOS.ClH/c1-12(2)17-16(18)14-10-6-7-11-15(14)19(17)13-8-4-3-5-9-13;/h3-12H,1-2H3;1H/q+1;/p-1. The van der Waals surface area contributed by atoms with Gasteiger partial charge in [0.2, 0.25) is 9.60 Å². The van der Waals surface area contributed by atoms with Crippen molar-refractivity contribution in [3.05, 3.63) is 65.0 Å². The SMILES string of the molecule is CC(C)n1c(=O)c2ccccc2[s+]1-c1ccccc1.[Cl-]. The minimum Gasteiger partial charge on any atom is -1.00 e. The molecule has 0 saturated carbocycles. The molecule has 2 nitrogen and oxygen atoms in total. The molecular formula is C16H16ClNOS. The molecule has 3 aromatic rings. The topological polar surface area (TPSA) is 22.0 Å². The number of halogens is 1. The molecule has 3 rings (SSSR count). The fourth-order valence-electron chi connectivity index (χ4n) is 2.35. The van der Waals surface area contributed by atoms with Crippen LogP contribution in [0.25, 0.3) is 15.0 Å². The van der Waals surface area contributed by atoms with Crippen LogP contribution in [0, 0.1) is 0 Å². The van der Waals surface area contributed by atoms with Crippen molar-refractivity contribution in [3.63, 3.8) is 0 Å². The molecule has 1 atom stereocenters. The van der Waals surface area contributed by atoms with Gasteiger partial charge in [-0.1, -0.05) is 30.3 Å². The molecule has 0 aliphatic rings. The van der Waals surface area contributed by atoms with Crippen LogP contribution in [0.2, 0.25) is 0 Å². The first-order chi connectivity index (χ1) is 9.20. The molecule has 0 saturated heterocycles. The molecule has 0 fully saturated rings. The van der Waals surface area contributed by atoms with E-state index in [2.05, 4.69) is 32.0 Å². The molecule has 4 heteroatoms. The fraction of sp³-hybridized carbons (Fsp3) is 0.188. The van der Waals surface area contributed by atoms with Crippen molar-refractivity contribution in [2.75, 3.05) is 0 Å². The summed E-state index contributed by atoms with van der Waals surface area (Å²) in [6.45, 7) is 4.15. The van der Waals surface area contributed by atoms with Gasteiger partial charge in [0.1, 0.15) is 16.1 Å². The first-order valence-corrected chi connectivity index (χ1v) is 7.60. The summed E-state index contributed by atoms with van der Waals surface area (Å²) in [5, 5.41) is 0.850. The average molecular weight is 306 g/mol.